The summed E-state index contributed by atoms with van der Waals surface area (Å²) in [6, 6.07) is 2.19. The van der Waals surface area contributed by atoms with E-state index in [9.17, 15) is 14.5 Å². The minimum Gasteiger partial charge on any atom is -0.483 e. The predicted molar refractivity (Wildman–Crippen MR) is 76.2 cm³/mol. The fourth-order valence-corrected chi connectivity index (χ4v) is 2.84. The van der Waals surface area contributed by atoms with Crippen molar-refractivity contribution in [1.29, 1.82) is 0 Å². The van der Waals surface area contributed by atoms with Crippen molar-refractivity contribution in [2.45, 2.75) is 31.8 Å². The maximum absolute atomic E-state index is 13.4. The molecule has 7 heteroatoms. The maximum Gasteiger partial charge on any atom is 0.313 e. The Morgan fingerprint density at radius 2 is 2.15 bits per heavy atom. The van der Waals surface area contributed by atoms with Gasteiger partial charge in [0.25, 0.3) is 0 Å². The topological polar surface area (TPSA) is 78.4 Å². The Morgan fingerprint density at radius 1 is 1.45 bits per heavy atom. The standard InChI is InChI=1S/C13H16BrFN2O3/c14-9-5-13(11(17(18)19)6-10(9)15)20-12-4-2-1-3-8(12)7-16/h5-6,8,12H,1-4,7,16H2. The van der Waals surface area contributed by atoms with Crippen molar-refractivity contribution in [3.8, 4) is 5.75 Å². The second-order valence-electron chi connectivity index (χ2n) is 4.93. The van der Waals surface area contributed by atoms with Gasteiger partial charge in [-0.1, -0.05) is 6.42 Å². The van der Waals surface area contributed by atoms with Gasteiger partial charge in [-0.05, 0) is 41.7 Å². The molecule has 1 aromatic carbocycles. The van der Waals surface area contributed by atoms with Crippen LogP contribution >= 0.6 is 15.9 Å². The Hall–Kier alpha value is -1.21. The summed E-state index contributed by atoms with van der Waals surface area (Å²) in [6.07, 6.45) is 3.73. The molecule has 0 spiro atoms. The van der Waals surface area contributed by atoms with Gasteiger partial charge in [-0.3, -0.25) is 10.1 Å². The second kappa shape index (κ2) is 6.49. The predicted octanol–water partition coefficient (Wildman–Crippen LogP) is 3.39. The lowest BCUT2D eigenvalue weighted by molar-refractivity contribution is -0.386. The van der Waals surface area contributed by atoms with Crippen molar-refractivity contribution >= 4 is 21.6 Å². The first-order valence-electron chi connectivity index (χ1n) is 6.53. The summed E-state index contributed by atoms with van der Waals surface area (Å²) in [5, 5.41) is 11.0. The molecule has 0 bridgehead atoms. The van der Waals surface area contributed by atoms with E-state index in [4.69, 9.17) is 10.5 Å². The highest BCUT2D eigenvalue weighted by Gasteiger charge is 2.28. The molecule has 0 saturated heterocycles. The first-order valence-corrected chi connectivity index (χ1v) is 7.32. The number of nitro benzene ring substituents is 1. The number of nitro groups is 1. The van der Waals surface area contributed by atoms with Crippen molar-refractivity contribution < 1.29 is 14.1 Å². The summed E-state index contributed by atoms with van der Waals surface area (Å²) < 4.78 is 19.3. The first kappa shape index (κ1) is 15.2. The van der Waals surface area contributed by atoms with Crippen LogP contribution in [0, 0.1) is 21.8 Å². The van der Waals surface area contributed by atoms with E-state index in [-0.39, 0.29) is 27.9 Å². The number of hydrogen-bond acceptors (Lipinski definition) is 4. The van der Waals surface area contributed by atoms with Crippen LogP contribution < -0.4 is 10.5 Å². The number of benzene rings is 1. The van der Waals surface area contributed by atoms with Crippen LogP contribution in [0.2, 0.25) is 0 Å². The average Bonchev–Trinajstić information content (AvgIpc) is 2.43. The SMILES string of the molecule is NCC1CCCCC1Oc1cc(Br)c(F)cc1[N+](=O)[O-]. The average molecular weight is 347 g/mol. The third-order valence-electron chi connectivity index (χ3n) is 3.62. The van der Waals surface area contributed by atoms with Gasteiger partial charge in [0, 0.05) is 12.0 Å². The highest BCUT2D eigenvalue weighted by atomic mass is 79.9. The van der Waals surface area contributed by atoms with E-state index in [1.165, 1.54) is 6.07 Å². The Balaban J connectivity index is 2.27. The molecule has 5 nitrogen and oxygen atoms in total. The molecule has 20 heavy (non-hydrogen) atoms. The number of halogens is 2. The van der Waals surface area contributed by atoms with E-state index >= 15 is 0 Å². The number of nitrogens with two attached hydrogens (primary N) is 1. The summed E-state index contributed by atoms with van der Waals surface area (Å²) in [7, 11) is 0. The molecule has 110 valence electrons. The molecule has 1 aromatic rings. The van der Waals surface area contributed by atoms with Crippen molar-refractivity contribution in [3.63, 3.8) is 0 Å². The van der Waals surface area contributed by atoms with Crippen molar-refractivity contribution in [2.24, 2.45) is 11.7 Å². The summed E-state index contributed by atoms with van der Waals surface area (Å²) in [5.74, 6) is -0.399. The highest BCUT2D eigenvalue weighted by molar-refractivity contribution is 9.10. The Bertz CT molecular complexity index is 513. The Kier molecular flexibility index (Phi) is 4.93. The molecule has 1 aliphatic rings. The molecule has 0 heterocycles. The van der Waals surface area contributed by atoms with Crippen LogP contribution in [0.1, 0.15) is 25.7 Å². The summed E-state index contributed by atoms with van der Waals surface area (Å²) in [4.78, 5) is 10.4. The lowest BCUT2D eigenvalue weighted by Gasteiger charge is -2.30. The minimum atomic E-state index is -0.678. The number of nitrogens with zero attached hydrogens (tertiary/aromatic N) is 1. The lowest BCUT2D eigenvalue weighted by Crippen LogP contribution is -2.35. The molecule has 2 unspecified atom stereocenters. The Morgan fingerprint density at radius 3 is 2.80 bits per heavy atom. The van der Waals surface area contributed by atoms with Gasteiger partial charge in [-0.25, -0.2) is 4.39 Å². The van der Waals surface area contributed by atoms with Crippen LogP contribution in [0.3, 0.4) is 0 Å². The molecule has 0 amide bonds. The number of ether oxygens (including phenoxy) is 1. The normalized spacial score (nSPS) is 22.6. The van der Waals surface area contributed by atoms with Gasteiger partial charge in [0.05, 0.1) is 15.5 Å². The quantitative estimate of drug-likeness (QED) is 0.669. The van der Waals surface area contributed by atoms with Gasteiger partial charge < -0.3 is 10.5 Å². The molecular formula is C13H16BrFN2O3. The highest BCUT2D eigenvalue weighted by Crippen LogP contribution is 2.36. The monoisotopic (exact) mass is 346 g/mol. The fourth-order valence-electron chi connectivity index (χ4n) is 2.52. The van der Waals surface area contributed by atoms with Gasteiger partial charge in [0.1, 0.15) is 11.9 Å². The van der Waals surface area contributed by atoms with Gasteiger partial charge in [-0.15, -0.1) is 0 Å². The van der Waals surface area contributed by atoms with Gasteiger partial charge in [0.15, 0.2) is 5.75 Å². The molecule has 0 radical (unpaired) electrons. The zero-order valence-electron chi connectivity index (χ0n) is 10.9. The van der Waals surface area contributed by atoms with E-state index < -0.39 is 10.7 Å². The molecule has 2 N–H and O–H groups in total. The summed E-state index contributed by atoms with van der Waals surface area (Å²) in [5.41, 5.74) is 5.36. The molecule has 2 atom stereocenters. The van der Waals surface area contributed by atoms with E-state index in [2.05, 4.69) is 15.9 Å². The fraction of sp³-hybridized carbons (Fsp3) is 0.538. The molecule has 1 aliphatic carbocycles. The van der Waals surface area contributed by atoms with Crippen LogP contribution in [0.15, 0.2) is 16.6 Å². The molecule has 1 saturated carbocycles. The number of rotatable bonds is 4. The zero-order chi connectivity index (χ0) is 14.7. The van der Waals surface area contributed by atoms with Gasteiger partial charge >= 0.3 is 5.69 Å². The molecule has 2 rings (SSSR count). The van der Waals surface area contributed by atoms with E-state index in [0.717, 1.165) is 31.7 Å². The van der Waals surface area contributed by atoms with Crippen LogP contribution in [0.5, 0.6) is 5.75 Å². The summed E-state index contributed by atoms with van der Waals surface area (Å²) >= 11 is 3.02. The van der Waals surface area contributed by atoms with E-state index in [1.807, 2.05) is 0 Å². The zero-order valence-corrected chi connectivity index (χ0v) is 12.4. The largest absolute Gasteiger partial charge is 0.483 e. The van der Waals surface area contributed by atoms with Crippen molar-refractivity contribution in [2.75, 3.05) is 6.54 Å². The Labute approximate surface area is 124 Å². The van der Waals surface area contributed by atoms with Crippen LogP contribution in [-0.2, 0) is 0 Å². The van der Waals surface area contributed by atoms with Crippen molar-refractivity contribution in [1.82, 2.24) is 0 Å². The second-order valence-corrected chi connectivity index (χ2v) is 5.78. The lowest BCUT2D eigenvalue weighted by atomic mass is 9.86. The molecule has 1 fully saturated rings. The van der Waals surface area contributed by atoms with E-state index in [1.54, 1.807) is 0 Å². The van der Waals surface area contributed by atoms with Crippen LogP contribution in [0.4, 0.5) is 10.1 Å². The van der Waals surface area contributed by atoms with Crippen LogP contribution in [-0.4, -0.2) is 17.6 Å². The summed E-state index contributed by atoms with van der Waals surface area (Å²) in [6.45, 7) is 0.487. The molecular weight excluding hydrogens is 331 g/mol. The maximum atomic E-state index is 13.4. The van der Waals surface area contributed by atoms with Crippen LogP contribution in [0.25, 0.3) is 0 Å². The third kappa shape index (κ3) is 3.27. The van der Waals surface area contributed by atoms with Gasteiger partial charge in [0.2, 0.25) is 0 Å². The number of hydrogen-bond donors (Lipinski definition) is 1. The minimum absolute atomic E-state index is 0.0913. The third-order valence-corrected chi connectivity index (χ3v) is 4.23. The first-order chi connectivity index (χ1) is 9.52. The van der Waals surface area contributed by atoms with Gasteiger partial charge in [-0.2, -0.15) is 0 Å². The van der Waals surface area contributed by atoms with E-state index in [0.29, 0.717) is 6.54 Å². The van der Waals surface area contributed by atoms with Crippen molar-refractivity contribution in [3.05, 3.63) is 32.5 Å². The molecule has 0 aliphatic heterocycles. The smallest absolute Gasteiger partial charge is 0.313 e. The molecule has 0 aromatic heterocycles.